The lowest BCUT2D eigenvalue weighted by molar-refractivity contribution is -0.402. The van der Waals surface area contributed by atoms with Gasteiger partial charge in [-0.25, -0.2) is 5.43 Å². The lowest BCUT2D eigenvalue weighted by atomic mass is 10.3. The molecule has 2 heterocycles. The van der Waals surface area contributed by atoms with Crippen LogP contribution >= 0.6 is 0 Å². The van der Waals surface area contributed by atoms with Crippen molar-refractivity contribution >= 4 is 17.6 Å². The summed E-state index contributed by atoms with van der Waals surface area (Å²) < 4.78 is 4.83. The Kier molecular flexibility index (Phi) is 3.70. The van der Waals surface area contributed by atoms with E-state index in [0.717, 1.165) is 6.07 Å². The van der Waals surface area contributed by atoms with Crippen molar-refractivity contribution in [2.75, 3.05) is 0 Å². The topological polar surface area (TPSA) is 137 Å². The Hall–Kier alpha value is -3.23. The SMILES string of the molecule is N/C(=N\NC(=O)c1cccnc1)c1ccc([N+](=O)[O-])o1. The van der Waals surface area contributed by atoms with Gasteiger partial charge in [-0.2, -0.15) is 5.10 Å². The van der Waals surface area contributed by atoms with E-state index in [2.05, 4.69) is 15.5 Å². The molecule has 0 aliphatic heterocycles. The first-order chi connectivity index (χ1) is 9.58. The average molecular weight is 275 g/mol. The van der Waals surface area contributed by atoms with Crippen LogP contribution in [0, 0.1) is 10.1 Å². The lowest BCUT2D eigenvalue weighted by Crippen LogP contribution is -2.23. The molecule has 0 radical (unpaired) electrons. The van der Waals surface area contributed by atoms with Gasteiger partial charge in [0.2, 0.25) is 0 Å². The second-order valence-electron chi connectivity index (χ2n) is 3.57. The van der Waals surface area contributed by atoms with Crippen molar-refractivity contribution in [3.8, 4) is 0 Å². The number of amidine groups is 1. The fraction of sp³-hybridized carbons (Fsp3) is 0. The van der Waals surface area contributed by atoms with Crippen LogP contribution in [-0.2, 0) is 0 Å². The number of pyridine rings is 1. The summed E-state index contributed by atoms with van der Waals surface area (Å²) in [5.41, 5.74) is 8.03. The van der Waals surface area contributed by atoms with Gasteiger partial charge in [0.15, 0.2) is 11.6 Å². The van der Waals surface area contributed by atoms with Crippen molar-refractivity contribution in [3.63, 3.8) is 0 Å². The van der Waals surface area contributed by atoms with Crippen LogP contribution < -0.4 is 11.2 Å². The minimum absolute atomic E-state index is 0.0109. The predicted molar refractivity (Wildman–Crippen MR) is 67.8 cm³/mol. The van der Waals surface area contributed by atoms with Gasteiger partial charge in [-0.15, -0.1) is 0 Å². The number of nitrogens with zero attached hydrogens (tertiary/aromatic N) is 3. The standard InChI is InChI=1S/C11H9N5O4/c12-10(8-3-4-9(20-8)16(18)19)14-15-11(17)7-2-1-5-13-6-7/h1-6H,(H2,12,14)(H,15,17). The Morgan fingerprint density at radius 3 is 2.85 bits per heavy atom. The summed E-state index contributed by atoms with van der Waals surface area (Å²) in [6.07, 6.45) is 2.88. The molecular formula is C11H9N5O4. The van der Waals surface area contributed by atoms with Crippen LogP contribution in [0.15, 0.2) is 46.2 Å². The number of carbonyl (C=O) groups excluding carboxylic acids is 1. The number of amides is 1. The maximum absolute atomic E-state index is 11.6. The molecule has 102 valence electrons. The van der Waals surface area contributed by atoms with Crippen molar-refractivity contribution in [1.29, 1.82) is 0 Å². The quantitative estimate of drug-likeness (QED) is 0.363. The first-order valence-corrected chi connectivity index (χ1v) is 5.36. The fourth-order valence-electron chi connectivity index (χ4n) is 1.29. The molecule has 0 aliphatic rings. The maximum atomic E-state index is 11.6. The van der Waals surface area contributed by atoms with E-state index in [-0.39, 0.29) is 11.6 Å². The van der Waals surface area contributed by atoms with Crippen LogP contribution in [0.5, 0.6) is 0 Å². The highest BCUT2D eigenvalue weighted by Gasteiger charge is 2.14. The number of nitro groups is 1. The Labute approximate surface area is 112 Å². The molecule has 2 rings (SSSR count). The Morgan fingerprint density at radius 1 is 1.45 bits per heavy atom. The van der Waals surface area contributed by atoms with Crippen LogP contribution in [0.2, 0.25) is 0 Å². The molecule has 0 aliphatic carbocycles. The molecule has 0 bridgehead atoms. The highest BCUT2D eigenvalue weighted by molar-refractivity contribution is 5.98. The van der Waals surface area contributed by atoms with Crippen molar-refractivity contribution in [2.24, 2.45) is 10.8 Å². The molecule has 0 fully saturated rings. The average Bonchev–Trinajstić information content (AvgIpc) is 2.95. The van der Waals surface area contributed by atoms with E-state index in [4.69, 9.17) is 10.2 Å². The number of hydrazone groups is 1. The van der Waals surface area contributed by atoms with Gasteiger partial charge in [-0.3, -0.25) is 19.9 Å². The van der Waals surface area contributed by atoms with Gasteiger partial charge < -0.3 is 10.2 Å². The van der Waals surface area contributed by atoms with E-state index in [1.807, 2.05) is 0 Å². The monoisotopic (exact) mass is 275 g/mol. The number of carbonyl (C=O) groups is 1. The second kappa shape index (κ2) is 5.61. The highest BCUT2D eigenvalue weighted by Crippen LogP contribution is 2.14. The molecule has 0 unspecified atom stereocenters. The molecule has 0 saturated carbocycles. The zero-order valence-corrected chi connectivity index (χ0v) is 10.0. The third-order valence-electron chi connectivity index (χ3n) is 2.23. The molecule has 0 saturated heterocycles. The van der Waals surface area contributed by atoms with Gasteiger partial charge in [-0.1, -0.05) is 0 Å². The number of furan rings is 1. The smallest absolute Gasteiger partial charge is 0.397 e. The van der Waals surface area contributed by atoms with Gasteiger partial charge in [0.1, 0.15) is 4.92 Å². The fourth-order valence-corrected chi connectivity index (χ4v) is 1.29. The first kappa shape index (κ1) is 13.2. The van der Waals surface area contributed by atoms with Crippen LogP contribution in [0.3, 0.4) is 0 Å². The Morgan fingerprint density at radius 2 is 2.25 bits per heavy atom. The van der Waals surface area contributed by atoms with Crippen molar-refractivity contribution in [1.82, 2.24) is 10.4 Å². The summed E-state index contributed by atoms with van der Waals surface area (Å²) in [5.74, 6) is -1.17. The molecule has 0 aromatic carbocycles. The van der Waals surface area contributed by atoms with Crippen LogP contribution in [0.4, 0.5) is 5.88 Å². The summed E-state index contributed by atoms with van der Waals surface area (Å²) in [6, 6.07) is 5.57. The van der Waals surface area contributed by atoms with Gasteiger partial charge in [0.25, 0.3) is 5.91 Å². The largest absolute Gasteiger partial charge is 0.433 e. The van der Waals surface area contributed by atoms with E-state index in [9.17, 15) is 14.9 Å². The maximum Gasteiger partial charge on any atom is 0.433 e. The Bertz CT molecular complexity index is 664. The molecule has 9 nitrogen and oxygen atoms in total. The van der Waals surface area contributed by atoms with Crippen molar-refractivity contribution < 1.29 is 14.1 Å². The third kappa shape index (κ3) is 2.96. The summed E-state index contributed by atoms with van der Waals surface area (Å²) in [4.78, 5) is 25.2. The van der Waals surface area contributed by atoms with Crippen LogP contribution in [-0.4, -0.2) is 21.7 Å². The number of nitrogens with two attached hydrogens (primary N) is 1. The minimum Gasteiger partial charge on any atom is -0.397 e. The van der Waals surface area contributed by atoms with E-state index < -0.39 is 16.7 Å². The Balaban J connectivity index is 2.07. The summed E-state index contributed by atoms with van der Waals surface area (Å²) in [7, 11) is 0. The zero-order valence-electron chi connectivity index (χ0n) is 10.0. The molecule has 0 spiro atoms. The number of aromatic nitrogens is 1. The van der Waals surface area contributed by atoms with Crippen molar-refractivity contribution in [3.05, 3.63) is 58.1 Å². The number of hydrogen-bond donors (Lipinski definition) is 2. The predicted octanol–water partition coefficient (Wildman–Crippen LogP) is 0.633. The second-order valence-corrected chi connectivity index (χ2v) is 3.57. The van der Waals surface area contributed by atoms with E-state index >= 15 is 0 Å². The molecule has 20 heavy (non-hydrogen) atoms. The molecular weight excluding hydrogens is 266 g/mol. The number of hydrogen-bond acceptors (Lipinski definition) is 6. The van der Waals surface area contributed by atoms with E-state index in [0.29, 0.717) is 5.56 Å². The number of rotatable bonds is 4. The first-order valence-electron chi connectivity index (χ1n) is 5.36. The molecule has 2 aromatic heterocycles. The molecule has 1 amide bonds. The summed E-state index contributed by atoms with van der Waals surface area (Å²) >= 11 is 0. The lowest BCUT2D eigenvalue weighted by Gasteiger charge is -1.99. The molecule has 2 aromatic rings. The molecule has 9 heteroatoms. The number of nitrogens with one attached hydrogen (secondary N) is 1. The van der Waals surface area contributed by atoms with Crippen LogP contribution in [0.1, 0.15) is 16.1 Å². The van der Waals surface area contributed by atoms with Gasteiger partial charge in [0.05, 0.1) is 11.6 Å². The minimum atomic E-state index is -0.703. The van der Waals surface area contributed by atoms with Gasteiger partial charge in [0, 0.05) is 12.4 Å². The van der Waals surface area contributed by atoms with E-state index in [1.165, 1.54) is 18.5 Å². The third-order valence-corrected chi connectivity index (χ3v) is 2.23. The summed E-state index contributed by atoms with van der Waals surface area (Å²) in [5, 5.41) is 14.0. The normalized spacial score (nSPS) is 11.1. The van der Waals surface area contributed by atoms with Crippen LogP contribution in [0.25, 0.3) is 0 Å². The highest BCUT2D eigenvalue weighted by atomic mass is 16.6. The summed E-state index contributed by atoms with van der Waals surface area (Å²) in [6.45, 7) is 0. The van der Waals surface area contributed by atoms with Crippen molar-refractivity contribution in [2.45, 2.75) is 0 Å². The van der Waals surface area contributed by atoms with Gasteiger partial charge in [-0.05, 0) is 18.2 Å². The zero-order chi connectivity index (χ0) is 14.5. The van der Waals surface area contributed by atoms with E-state index in [1.54, 1.807) is 12.1 Å². The van der Waals surface area contributed by atoms with Gasteiger partial charge >= 0.3 is 5.88 Å². The molecule has 3 N–H and O–H groups in total. The molecule has 0 atom stereocenters.